The number of para-hydroxylation sites is 1. The molecule has 25 heavy (non-hydrogen) atoms. The highest BCUT2D eigenvalue weighted by molar-refractivity contribution is 5.71. The van der Waals surface area contributed by atoms with E-state index in [-0.39, 0.29) is 11.0 Å². The third kappa shape index (κ3) is 1.23. The van der Waals surface area contributed by atoms with Gasteiger partial charge in [-0.1, -0.05) is 56.4 Å². The van der Waals surface area contributed by atoms with Crippen molar-refractivity contribution in [1.29, 1.82) is 0 Å². The van der Waals surface area contributed by atoms with E-state index in [2.05, 4.69) is 67.1 Å². The molecule has 3 heterocycles. The Labute approximate surface area is 151 Å². The zero-order valence-corrected chi connectivity index (χ0v) is 15.4. The van der Waals surface area contributed by atoms with Gasteiger partial charge in [0, 0.05) is 35.0 Å². The topological polar surface area (TPSA) is 15.3 Å². The lowest BCUT2D eigenvalue weighted by molar-refractivity contribution is 0.0837. The van der Waals surface area contributed by atoms with E-state index in [1.807, 2.05) is 0 Å². The summed E-state index contributed by atoms with van der Waals surface area (Å²) in [4.78, 5) is 2.80. The molecular weight excluding hydrogens is 304 g/mol. The first-order valence-electron chi connectivity index (χ1n) is 10.1. The average Bonchev–Trinajstić information content (AvgIpc) is 3.29. The van der Waals surface area contributed by atoms with Crippen LogP contribution in [0.5, 0.6) is 0 Å². The number of benzene rings is 1. The molecule has 2 aliphatic carbocycles. The molecule has 6 unspecified atom stereocenters. The Morgan fingerprint density at radius 2 is 2.20 bits per heavy atom. The summed E-state index contributed by atoms with van der Waals surface area (Å²) in [5, 5.41) is 4.16. The number of fused-ring (bicyclic) bond motifs is 1. The molecule has 2 nitrogen and oxygen atoms in total. The van der Waals surface area contributed by atoms with E-state index in [1.54, 1.807) is 5.56 Å². The van der Waals surface area contributed by atoms with Crippen LogP contribution in [0.1, 0.15) is 38.7 Å². The van der Waals surface area contributed by atoms with Gasteiger partial charge in [0.25, 0.3) is 0 Å². The fourth-order valence-corrected chi connectivity index (χ4v) is 8.23. The standard InChI is InChI=1S/C23H28N2/c1-4-15(2)18-14-21-10-7-12-25-13-11-22(20(21)25)17-8-5-6-9-19(17)24-23(18,22)16(21)3/h5-10,16,18,20,24H,2,4,11-14H2,1,3H3. The molecule has 6 rings (SSSR count). The van der Waals surface area contributed by atoms with Gasteiger partial charge >= 0.3 is 0 Å². The summed E-state index contributed by atoms with van der Waals surface area (Å²) in [6.45, 7) is 11.8. The quantitative estimate of drug-likeness (QED) is 0.810. The van der Waals surface area contributed by atoms with Gasteiger partial charge in [-0.25, -0.2) is 0 Å². The van der Waals surface area contributed by atoms with Gasteiger partial charge in [0.15, 0.2) is 0 Å². The predicted octanol–water partition coefficient (Wildman–Crippen LogP) is 4.36. The van der Waals surface area contributed by atoms with Crippen molar-refractivity contribution in [1.82, 2.24) is 4.90 Å². The van der Waals surface area contributed by atoms with Crippen molar-refractivity contribution >= 4 is 5.69 Å². The van der Waals surface area contributed by atoms with Gasteiger partial charge in [-0.2, -0.15) is 0 Å². The van der Waals surface area contributed by atoms with Crippen LogP contribution in [0.25, 0.3) is 0 Å². The molecule has 0 radical (unpaired) electrons. The molecule has 6 atom stereocenters. The Balaban J connectivity index is 1.69. The molecular formula is C23H28N2. The normalized spacial score (nSPS) is 48.2. The monoisotopic (exact) mass is 332 g/mol. The second kappa shape index (κ2) is 4.23. The summed E-state index contributed by atoms with van der Waals surface area (Å²) in [5.74, 6) is 1.23. The van der Waals surface area contributed by atoms with Crippen LogP contribution in [0.2, 0.25) is 0 Å². The van der Waals surface area contributed by atoms with E-state index < -0.39 is 0 Å². The van der Waals surface area contributed by atoms with E-state index in [1.165, 1.54) is 30.6 Å². The van der Waals surface area contributed by atoms with Gasteiger partial charge < -0.3 is 5.32 Å². The SMILES string of the molecule is C=C(CC)C1CC23C=CCN4CCC5(c6ccccc6NC15C2C)C43. The molecule has 2 heteroatoms. The zero-order valence-electron chi connectivity index (χ0n) is 15.4. The van der Waals surface area contributed by atoms with Gasteiger partial charge in [-0.3, -0.25) is 4.90 Å². The van der Waals surface area contributed by atoms with Crippen molar-refractivity contribution in [3.63, 3.8) is 0 Å². The number of rotatable bonds is 2. The maximum atomic E-state index is 4.56. The highest BCUT2D eigenvalue weighted by atomic mass is 15.3. The van der Waals surface area contributed by atoms with Gasteiger partial charge in [0.2, 0.25) is 0 Å². The molecule has 0 amide bonds. The molecule has 130 valence electrons. The largest absolute Gasteiger partial charge is 0.377 e. The Morgan fingerprint density at radius 3 is 3.04 bits per heavy atom. The summed E-state index contributed by atoms with van der Waals surface area (Å²) < 4.78 is 0. The molecule has 3 aliphatic heterocycles. The van der Waals surface area contributed by atoms with Gasteiger partial charge in [0.1, 0.15) is 0 Å². The van der Waals surface area contributed by atoms with Crippen LogP contribution in [0.4, 0.5) is 5.69 Å². The lowest BCUT2D eigenvalue weighted by atomic mass is 9.56. The van der Waals surface area contributed by atoms with Crippen LogP contribution in [-0.4, -0.2) is 29.6 Å². The third-order valence-electron chi connectivity index (χ3n) is 8.93. The molecule has 2 bridgehead atoms. The molecule has 2 saturated carbocycles. The molecule has 1 aromatic carbocycles. The maximum absolute atomic E-state index is 4.56. The molecule has 3 fully saturated rings. The highest BCUT2D eigenvalue weighted by Gasteiger charge is 2.84. The lowest BCUT2D eigenvalue weighted by Crippen LogP contribution is -2.61. The Bertz CT molecular complexity index is 825. The first-order chi connectivity index (χ1) is 12.1. The van der Waals surface area contributed by atoms with Crippen molar-refractivity contribution in [3.8, 4) is 0 Å². The second-order valence-corrected chi connectivity index (χ2v) is 9.16. The van der Waals surface area contributed by atoms with E-state index in [4.69, 9.17) is 0 Å². The number of nitrogens with one attached hydrogen (secondary N) is 1. The van der Waals surface area contributed by atoms with E-state index in [0.29, 0.717) is 23.3 Å². The second-order valence-electron chi connectivity index (χ2n) is 9.16. The predicted molar refractivity (Wildman–Crippen MR) is 103 cm³/mol. The lowest BCUT2D eigenvalue weighted by Gasteiger charge is -2.52. The summed E-state index contributed by atoms with van der Waals surface area (Å²) in [5.41, 5.74) is 5.18. The van der Waals surface area contributed by atoms with Crippen LogP contribution in [0, 0.1) is 17.3 Å². The molecule has 1 N–H and O–H groups in total. The smallest absolute Gasteiger partial charge is 0.0586 e. The van der Waals surface area contributed by atoms with Crippen LogP contribution in [0.15, 0.2) is 48.6 Å². The molecule has 3 spiro atoms. The van der Waals surface area contributed by atoms with E-state index in [0.717, 1.165) is 13.0 Å². The Morgan fingerprint density at radius 1 is 1.36 bits per heavy atom. The fraction of sp³-hybridized carbons (Fsp3) is 0.565. The minimum atomic E-state index is 0.151. The summed E-state index contributed by atoms with van der Waals surface area (Å²) in [6, 6.07) is 9.85. The zero-order chi connectivity index (χ0) is 17.0. The van der Waals surface area contributed by atoms with Crippen LogP contribution < -0.4 is 5.32 Å². The summed E-state index contributed by atoms with van der Waals surface area (Å²) in [6.07, 6.45) is 8.76. The molecule has 1 saturated heterocycles. The Hall–Kier alpha value is -1.54. The van der Waals surface area contributed by atoms with E-state index >= 15 is 0 Å². The van der Waals surface area contributed by atoms with Crippen molar-refractivity contribution in [2.75, 3.05) is 18.4 Å². The molecule has 5 aliphatic rings. The molecule has 1 aromatic rings. The minimum Gasteiger partial charge on any atom is -0.377 e. The van der Waals surface area contributed by atoms with Crippen molar-refractivity contribution < 1.29 is 0 Å². The number of hydrogen-bond acceptors (Lipinski definition) is 2. The number of anilines is 1. The van der Waals surface area contributed by atoms with Crippen molar-refractivity contribution in [3.05, 3.63) is 54.1 Å². The highest BCUT2D eigenvalue weighted by Crippen LogP contribution is 2.79. The average molecular weight is 332 g/mol. The van der Waals surface area contributed by atoms with Crippen LogP contribution in [0.3, 0.4) is 0 Å². The summed E-state index contributed by atoms with van der Waals surface area (Å²) >= 11 is 0. The molecule has 0 aromatic heterocycles. The fourth-order valence-electron chi connectivity index (χ4n) is 8.23. The van der Waals surface area contributed by atoms with Gasteiger partial charge in [0.05, 0.1) is 5.54 Å². The summed E-state index contributed by atoms with van der Waals surface area (Å²) in [7, 11) is 0. The van der Waals surface area contributed by atoms with Crippen molar-refractivity contribution in [2.45, 2.75) is 50.1 Å². The Kier molecular flexibility index (Phi) is 2.47. The number of hydrogen-bond donors (Lipinski definition) is 1. The first-order valence-corrected chi connectivity index (χ1v) is 10.1. The van der Waals surface area contributed by atoms with E-state index in [9.17, 15) is 0 Å². The maximum Gasteiger partial charge on any atom is 0.0586 e. The van der Waals surface area contributed by atoms with Gasteiger partial charge in [-0.05, 0) is 43.4 Å². The number of nitrogens with zero attached hydrogens (tertiary/aromatic N) is 1. The minimum absolute atomic E-state index is 0.151. The van der Waals surface area contributed by atoms with Crippen LogP contribution in [-0.2, 0) is 5.41 Å². The van der Waals surface area contributed by atoms with Crippen molar-refractivity contribution in [2.24, 2.45) is 17.3 Å². The van der Waals surface area contributed by atoms with Crippen LogP contribution >= 0.6 is 0 Å². The van der Waals surface area contributed by atoms with Gasteiger partial charge in [-0.15, -0.1) is 0 Å². The first kappa shape index (κ1) is 14.6. The third-order valence-corrected chi connectivity index (χ3v) is 8.93.